The number of halogens is 2. The standard InChI is InChI=1S/C13H15Cl2NO2/c1-2-3-8-16(10-17)13(15)9-18-12-7-5-4-6-11(12)14/h4-7,9-10H,2-3,8H2,1H3. The molecule has 18 heavy (non-hydrogen) atoms. The zero-order valence-electron chi connectivity index (χ0n) is 10.1. The maximum absolute atomic E-state index is 10.8. The van der Waals surface area contributed by atoms with Gasteiger partial charge in [-0.25, -0.2) is 0 Å². The van der Waals surface area contributed by atoms with Gasteiger partial charge in [0.05, 0.1) is 5.02 Å². The molecule has 0 saturated carbocycles. The van der Waals surface area contributed by atoms with Crippen LogP contribution < -0.4 is 4.74 Å². The van der Waals surface area contributed by atoms with Crippen molar-refractivity contribution in [2.24, 2.45) is 0 Å². The van der Waals surface area contributed by atoms with Crippen LogP contribution in [-0.4, -0.2) is 17.9 Å². The van der Waals surface area contributed by atoms with E-state index in [9.17, 15) is 4.79 Å². The van der Waals surface area contributed by atoms with Crippen LogP contribution in [-0.2, 0) is 4.79 Å². The molecule has 0 atom stereocenters. The lowest BCUT2D eigenvalue weighted by atomic mass is 10.3. The molecule has 0 aliphatic heterocycles. The average Bonchev–Trinajstić information content (AvgIpc) is 2.38. The molecule has 0 bridgehead atoms. The fourth-order valence-electron chi connectivity index (χ4n) is 1.26. The molecule has 5 heteroatoms. The number of nitrogens with zero attached hydrogens (tertiary/aromatic N) is 1. The lowest BCUT2D eigenvalue weighted by molar-refractivity contribution is -0.116. The largest absolute Gasteiger partial charge is 0.460 e. The molecule has 0 saturated heterocycles. The molecule has 0 aromatic heterocycles. The first-order valence-electron chi connectivity index (χ1n) is 5.67. The Morgan fingerprint density at radius 3 is 2.78 bits per heavy atom. The van der Waals surface area contributed by atoms with E-state index in [0.29, 0.717) is 23.7 Å². The molecular formula is C13H15Cl2NO2. The molecule has 0 aliphatic carbocycles. The maximum atomic E-state index is 10.8. The van der Waals surface area contributed by atoms with Gasteiger partial charge in [0.15, 0.2) is 0 Å². The molecule has 0 spiro atoms. The monoisotopic (exact) mass is 287 g/mol. The molecule has 1 aromatic carbocycles. The normalized spacial score (nSPS) is 11.2. The van der Waals surface area contributed by atoms with Crippen LogP contribution in [0.5, 0.6) is 5.75 Å². The topological polar surface area (TPSA) is 29.5 Å². The molecule has 0 fully saturated rings. The summed E-state index contributed by atoms with van der Waals surface area (Å²) in [6.07, 6.45) is 3.87. The van der Waals surface area contributed by atoms with E-state index in [0.717, 1.165) is 12.8 Å². The first-order valence-corrected chi connectivity index (χ1v) is 6.43. The molecule has 1 rings (SSSR count). The molecule has 98 valence electrons. The van der Waals surface area contributed by atoms with E-state index in [1.54, 1.807) is 24.3 Å². The number of hydrogen-bond donors (Lipinski definition) is 0. The molecule has 0 radical (unpaired) electrons. The van der Waals surface area contributed by atoms with Crippen LogP contribution in [0.25, 0.3) is 0 Å². The molecule has 0 aliphatic rings. The third kappa shape index (κ3) is 4.59. The number of carbonyl (C=O) groups is 1. The summed E-state index contributed by atoms with van der Waals surface area (Å²) >= 11 is 11.9. The molecular weight excluding hydrogens is 273 g/mol. The van der Waals surface area contributed by atoms with Gasteiger partial charge in [0, 0.05) is 6.54 Å². The number of para-hydroxylation sites is 1. The van der Waals surface area contributed by atoms with Crippen molar-refractivity contribution in [3.8, 4) is 5.75 Å². The van der Waals surface area contributed by atoms with Crippen LogP contribution in [0.3, 0.4) is 0 Å². The lowest BCUT2D eigenvalue weighted by Crippen LogP contribution is -2.20. The summed E-state index contributed by atoms with van der Waals surface area (Å²) in [7, 11) is 0. The van der Waals surface area contributed by atoms with Crippen molar-refractivity contribution in [2.75, 3.05) is 6.54 Å². The molecule has 0 heterocycles. The number of unbranched alkanes of at least 4 members (excludes halogenated alkanes) is 1. The second-order valence-corrected chi connectivity index (χ2v) is 4.44. The number of rotatable bonds is 7. The Hall–Kier alpha value is -1.19. The quantitative estimate of drug-likeness (QED) is 0.431. The van der Waals surface area contributed by atoms with Crippen molar-refractivity contribution >= 4 is 29.6 Å². The van der Waals surface area contributed by atoms with Crippen LogP contribution in [0.15, 0.2) is 35.7 Å². The predicted molar refractivity (Wildman–Crippen MR) is 73.7 cm³/mol. The van der Waals surface area contributed by atoms with E-state index < -0.39 is 0 Å². The minimum absolute atomic E-state index is 0.235. The second kappa shape index (κ2) is 8.01. The highest BCUT2D eigenvalue weighted by molar-refractivity contribution is 6.32. The van der Waals surface area contributed by atoms with E-state index in [2.05, 4.69) is 0 Å². The van der Waals surface area contributed by atoms with Gasteiger partial charge in [0.25, 0.3) is 0 Å². The Morgan fingerprint density at radius 1 is 1.44 bits per heavy atom. The van der Waals surface area contributed by atoms with Crippen LogP contribution >= 0.6 is 23.2 Å². The van der Waals surface area contributed by atoms with Gasteiger partial charge in [-0.15, -0.1) is 0 Å². The highest BCUT2D eigenvalue weighted by Gasteiger charge is 2.06. The number of benzene rings is 1. The summed E-state index contributed by atoms with van der Waals surface area (Å²) in [4.78, 5) is 12.2. The smallest absolute Gasteiger partial charge is 0.214 e. The fourth-order valence-corrected chi connectivity index (χ4v) is 1.61. The van der Waals surface area contributed by atoms with Crippen molar-refractivity contribution in [3.05, 3.63) is 40.7 Å². The number of ether oxygens (including phenoxy) is 1. The van der Waals surface area contributed by atoms with Crippen molar-refractivity contribution < 1.29 is 9.53 Å². The third-order valence-electron chi connectivity index (χ3n) is 2.27. The molecule has 1 amide bonds. The average molecular weight is 288 g/mol. The van der Waals surface area contributed by atoms with Crippen molar-refractivity contribution in [3.63, 3.8) is 0 Å². The van der Waals surface area contributed by atoms with Gasteiger partial charge in [-0.3, -0.25) is 4.79 Å². The van der Waals surface area contributed by atoms with Gasteiger partial charge in [0.2, 0.25) is 6.41 Å². The van der Waals surface area contributed by atoms with E-state index in [1.165, 1.54) is 11.2 Å². The summed E-state index contributed by atoms with van der Waals surface area (Å²) in [5.74, 6) is 0.499. The molecule has 3 nitrogen and oxygen atoms in total. The van der Waals surface area contributed by atoms with Gasteiger partial charge in [0.1, 0.15) is 17.2 Å². The van der Waals surface area contributed by atoms with E-state index in [4.69, 9.17) is 27.9 Å². The lowest BCUT2D eigenvalue weighted by Gasteiger charge is -2.15. The van der Waals surface area contributed by atoms with Gasteiger partial charge in [-0.05, 0) is 18.6 Å². The third-order valence-corrected chi connectivity index (χ3v) is 2.89. The highest BCUT2D eigenvalue weighted by atomic mass is 35.5. The number of hydrogen-bond acceptors (Lipinski definition) is 2. The van der Waals surface area contributed by atoms with Gasteiger partial charge >= 0.3 is 0 Å². The van der Waals surface area contributed by atoms with E-state index >= 15 is 0 Å². The maximum Gasteiger partial charge on any atom is 0.214 e. The Bertz CT molecular complexity index is 421. The Morgan fingerprint density at radius 2 is 2.17 bits per heavy atom. The Balaban J connectivity index is 2.65. The number of carbonyl (C=O) groups excluding carboxylic acids is 1. The minimum Gasteiger partial charge on any atom is -0.460 e. The number of amides is 1. The van der Waals surface area contributed by atoms with Crippen molar-refractivity contribution in [1.82, 2.24) is 4.90 Å². The SMILES string of the molecule is CCCCN(C=O)C(Cl)=COc1ccccc1Cl. The predicted octanol–water partition coefficient (Wildman–Crippen LogP) is 4.02. The van der Waals surface area contributed by atoms with Gasteiger partial charge in [-0.2, -0.15) is 0 Å². The van der Waals surface area contributed by atoms with Crippen LogP contribution in [0.2, 0.25) is 5.02 Å². The van der Waals surface area contributed by atoms with Crippen LogP contribution in [0.1, 0.15) is 19.8 Å². The van der Waals surface area contributed by atoms with Crippen molar-refractivity contribution in [1.29, 1.82) is 0 Å². The molecule has 1 aromatic rings. The minimum atomic E-state index is 0.235. The fraction of sp³-hybridized carbons (Fsp3) is 0.308. The summed E-state index contributed by atoms with van der Waals surface area (Å²) in [6, 6.07) is 7.05. The van der Waals surface area contributed by atoms with E-state index in [-0.39, 0.29) is 5.16 Å². The summed E-state index contributed by atoms with van der Waals surface area (Å²) < 4.78 is 5.33. The van der Waals surface area contributed by atoms with Crippen LogP contribution in [0.4, 0.5) is 0 Å². The van der Waals surface area contributed by atoms with Crippen molar-refractivity contribution in [2.45, 2.75) is 19.8 Å². The zero-order chi connectivity index (χ0) is 13.4. The van der Waals surface area contributed by atoms with Crippen LogP contribution in [0, 0.1) is 0 Å². The summed E-state index contributed by atoms with van der Waals surface area (Å²) in [5, 5.41) is 0.725. The molecule has 0 N–H and O–H groups in total. The Kier molecular flexibility index (Phi) is 6.61. The second-order valence-electron chi connectivity index (χ2n) is 3.64. The van der Waals surface area contributed by atoms with Gasteiger partial charge < -0.3 is 9.64 Å². The highest BCUT2D eigenvalue weighted by Crippen LogP contribution is 2.24. The Labute approximate surface area is 117 Å². The first-order chi connectivity index (χ1) is 8.69. The van der Waals surface area contributed by atoms with Gasteiger partial charge in [-0.1, -0.05) is 48.7 Å². The van der Waals surface area contributed by atoms with E-state index in [1.807, 2.05) is 6.92 Å². The zero-order valence-corrected chi connectivity index (χ0v) is 11.6. The first kappa shape index (κ1) is 14.9. The summed E-state index contributed by atoms with van der Waals surface area (Å²) in [6.45, 7) is 2.61. The molecule has 0 unspecified atom stereocenters. The summed E-state index contributed by atoms with van der Waals surface area (Å²) in [5.41, 5.74) is 0.